The van der Waals surface area contributed by atoms with Crippen LogP contribution in [0, 0.1) is 5.82 Å². The van der Waals surface area contributed by atoms with E-state index in [4.69, 9.17) is 0 Å². The molecule has 1 aromatic rings. The third-order valence-electron chi connectivity index (χ3n) is 3.69. The number of hydrogen-bond donors (Lipinski definition) is 2. The number of nitrogens with zero attached hydrogens (tertiary/aromatic N) is 2. The molecule has 1 fully saturated rings. The SMILES string of the molecule is CNc1ncc(F)cc1C(=O)NC(C)CN1CCCCC1. The molecule has 0 spiro atoms. The Morgan fingerprint density at radius 1 is 1.43 bits per heavy atom. The van der Waals surface area contributed by atoms with Crippen LogP contribution in [0.5, 0.6) is 0 Å². The first-order valence-electron chi connectivity index (χ1n) is 7.46. The first-order valence-corrected chi connectivity index (χ1v) is 7.46. The number of anilines is 1. The second kappa shape index (κ2) is 7.36. The van der Waals surface area contributed by atoms with E-state index in [-0.39, 0.29) is 17.5 Å². The zero-order valence-corrected chi connectivity index (χ0v) is 12.7. The summed E-state index contributed by atoms with van der Waals surface area (Å²) in [6, 6.07) is 1.23. The van der Waals surface area contributed by atoms with Gasteiger partial charge in [-0.05, 0) is 38.9 Å². The fourth-order valence-corrected chi connectivity index (χ4v) is 2.69. The van der Waals surface area contributed by atoms with E-state index < -0.39 is 5.82 Å². The molecule has 1 atom stereocenters. The molecule has 21 heavy (non-hydrogen) atoms. The number of amides is 1. The van der Waals surface area contributed by atoms with Crippen LogP contribution in [0.1, 0.15) is 36.5 Å². The van der Waals surface area contributed by atoms with Crippen molar-refractivity contribution in [2.75, 3.05) is 32.0 Å². The van der Waals surface area contributed by atoms with Crippen molar-refractivity contribution in [3.05, 3.63) is 23.6 Å². The van der Waals surface area contributed by atoms with Crippen LogP contribution in [-0.2, 0) is 0 Å². The summed E-state index contributed by atoms with van der Waals surface area (Å²) in [7, 11) is 1.66. The van der Waals surface area contributed by atoms with Gasteiger partial charge in [-0.15, -0.1) is 0 Å². The van der Waals surface area contributed by atoms with E-state index in [0.717, 1.165) is 25.8 Å². The zero-order valence-electron chi connectivity index (χ0n) is 12.7. The van der Waals surface area contributed by atoms with E-state index in [2.05, 4.69) is 20.5 Å². The number of piperidine rings is 1. The third-order valence-corrected chi connectivity index (χ3v) is 3.69. The van der Waals surface area contributed by atoms with Gasteiger partial charge in [0.1, 0.15) is 11.6 Å². The lowest BCUT2D eigenvalue weighted by Crippen LogP contribution is -2.43. The van der Waals surface area contributed by atoms with Crippen LogP contribution >= 0.6 is 0 Å². The van der Waals surface area contributed by atoms with Crippen molar-refractivity contribution in [1.29, 1.82) is 0 Å². The first-order chi connectivity index (χ1) is 10.1. The molecule has 1 amide bonds. The Balaban J connectivity index is 1.95. The Morgan fingerprint density at radius 3 is 2.81 bits per heavy atom. The van der Waals surface area contributed by atoms with Gasteiger partial charge in [-0.3, -0.25) is 4.79 Å². The van der Waals surface area contributed by atoms with Crippen molar-refractivity contribution in [2.45, 2.75) is 32.2 Å². The number of halogens is 1. The van der Waals surface area contributed by atoms with Gasteiger partial charge in [0, 0.05) is 19.6 Å². The van der Waals surface area contributed by atoms with Crippen molar-refractivity contribution in [1.82, 2.24) is 15.2 Å². The van der Waals surface area contributed by atoms with Crippen molar-refractivity contribution < 1.29 is 9.18 Å². The lowest BCUT2D eigenvalue weighted by atomic mass is 10.1. The van der Waals surface area contributed by atoms with E-state index in [9.17, 15) is 9.18 Å². The highest BCUT2D eigenvalue weighted by molar-refractivity contribution is 5.98. The summed E-state index contributed by atoms with van der Waals surface area (Å²) >= 11 is 0. The number of aromatic nitrogens is 1. The number of pyridine rings is 1. The van der Waals surface area contributed by atoms with Gasteiger partial charge in [-0.25, -0.2) is 9.37 Å². The average molecular weight is 294 g/mol. The van der Waals surface area contributed by atoms with Gasteiger partial charge in [0.25, 0.3) is 5.91 Å². The van der Waals surface area contributed by atoms with Gasteiger partial charge in [0.15, 0.2) is 0 Å². The van der Waals surface area contributed by atoms with Crippen LogP contribution in [0.15, 0.2) is 12.3 Å². The quantitative estimate of drug-likeness (QED) is 0.870. The summed E-state index contributed by atoms with van der Waals surface area (Å²) in [6.07, 6.45) is 4.83. The number of carbonyl (C=O) groups excluding carboxylic acids is 1. The van der Waals surface area contributed by atoms with Gasteiger partial charge in [0.05, 0.1) is 11.8 Å². The number of rotatable bonds is 5. The van der Waals surface area contributed by atoms with E-state index in [1.165, 1.54) is 25.3 Å². The molecule has 1 aliphatic rings. The smallest absolute Gasteiger partial charge is 0.255 e. The molecule has 0 aromatic carbocycles. The van der Waals surface area contributed by atoms with E-state index in [1.807, 2.05) is 6.92 Å². The molecule has 0 saturated carbocycles. The Morgan fingerprint density at radius 2 is 2.14 bits per heavy atom. The second-order valence-corrected chi connectivity index (χ2v) is 5.54. The van der Waals surface area contributed by atoms with Crippen LogP contribution in [0.3, 0.4) is 0 Å². The first kappa shape index (κ1) is 15.7. The monoisotopic (exact) mass is 294 g/mol. The van der Waals surface area contributed by atoms with Gasteiger partial charge in [0.2, 0.25) is 0 Å². The molecular weight excluding hydrogens is 271 g/mol. The minimum absolute atomic E-state index is 0.0172. The highest BCUT2D eigenvalue weighted by Gasteiger charge is 2.18. The summed E-state index contributed by atoms with van der Waals surface area (Å²) in [6.45, 7) is 4.97. The average Bonchev–Trinajstić information content (AvgIpc) is 2.48. The largest absolute Gasteiger partial charge is 0.372 e. The fourth-order valence-electron chi connectivity index (χ4n) is 2.69. The predicted molar refractivity (Wildman–Crippen MR) is 81.0 cm³/mol. The number of nitrogens with one attached hydrogen (secondary N) is 2. The van der Waals surface area contributed by atoms with Gasteiger partial charge in [-0.1, -0.05) is 6.42 Å². The molecule has 5 nitrogen and oxygen atoms in total. The Kier molecular flexibility index (Phi) is 5.50. The molecule has 1 unspecified atom stereocenters. The third kappa shape index (κ3) is 4.39. The van der Waals surface area contributed by atoms with Crippen molar-refractivity contribution >= 4 is 11.7 Å². The molecule has 0 radical (unpaired) electrons. The molecule has 6 heteroatoms. The molecule has 0 aliphatic carbocycles. The minimum atomic E-state index is -0.511. The summed E-state index contributed by atoms with van der Waals surface area (Å²) in [5.41, 5.74) is 0.239. The number of hydrogen-bond acceptors (Lipinski definition) is 4. The van der Waals surface area contributed by atoms with Crippen molar-refractivity contribution in [3.8, 4) is 0 Å². The fraction of sp³-hybridized carbons (Fsp3) is 0.600. The molecule has 2 rings (SSSR count). The minimum Gasteiger partial charge on any atom is -0.372 e. The second-order valence-electron chi connectivity index (χ2n) is 5.54. The maximum atomic E-state index is 13.3. The topological polar surface area (TPSA) is 57.3 Å². The highest BCUT2D eigenvalue weighted by atomic mass is 19.1. The Hall–Kier alpha value is -1.69. The summed E-state index contributed by atoms with van der Waals surface area (Å²) in [4.78, 5) is 18.5. The number of carbonyl (C=O) groups is 1. The molecule has 116 valence electrons. The van der Waals surface area contributed by atoms with Crippen molar-refractivity contribution in [2.24, 2.45) is 0 Å². The lowest BCUT2D eigenvalue weighted by Gasteiger charge is -2.29. The van der Waals surface area contributed by atoms with Crippen LogP contribution in [-0.4, -0.2) is 48.5 Å². The number of likely N-dealkylation sites (tertiary alicyclic amines) is 1. The molecule has 2 N–H and O–H groups in total. The Bertz CT molecular complexity index is 489. The van der Waals surface area contributed by atoms with Gasteiger partial charge >= 0.3 is 0 Å². The van der Waals surface area contributed by atoms with Crippen LogP contribution in [0.4, 0.5) is 10.2 Å². The molecule has 1 saturated heterocycles. The van der Waals surface area contributed by atoms with Gasteiger partial charge < -0.3 is 15.5 Å². The zero-order chi connectivity index (χ0) is 15.2. The van der Waals surface area contributed by atoms with Crippen LogP contribution in [0.25, 0.3) is 0 Å². The maximum Gasteiger partial charge on any atom is 0.255 e. The van der Waals surface area contributed by atoms with Gasteiger partial charge in [-0.2, -0.15) is 0 Å². The van der Waals surface area contributed by atoms with E-state index >= 15 is 0 Å². The highest BCUT2D eigenvalue weighted by Crippen LogP contribution is 2.13. The molecule has 2 heterocycles. The normalized spacial score (nSPS) is 17.3. The van der Waals surface area contributed by atoms with Crippen molar-refractivity contribution in [3.63, 3.8) is 0 Å². The molecule has 1 aromatic heterocycles. The Labute approximate surface area is 124 Å². The maximum absolute atomic E-state index is 13.3. The summed E-state index contributed by atoms with van der Waals surface area (Å²) in [5, 5.41) is 5.73. The summed E-state index contributed by atoms with van der Waals surface area (Å²) < 4.78 is 13.3. The van der Waals surface area contributed by atoms with Crippen LogP contribution < -0.4 is 10.6 Å². The predicted octanol–water partition coefficient (Wildman–Crippen LogP) is 1.87. The van der Waals surface area contributed by atoms with E-state index in [0.29, 0.717) is 5.82 Å². The lowest BCUT2D eigenvalue weighted by molar-refractivity contribution is 0.0925. The standard InChI is InChI=1S/C15H23FN4O/c1-11(10-20-6-4-3-5-7-20)19-15(21)13-8-12(16)9-18-14(13)17-2/h8-9,11H,3-7,10H2,1-2H3,(H,17,18)(H,19,21). The molecule has 1 aliphatic heterocycles. The summed E-state index contributed by atoms with van der Waals surface area (Å²) in [5.74, 6) is -0.419. The van der Waals surface area contributed by atoms with Crippen LogP contribution in [0.2, 0.25) is 0 Å². The molecular formula is C15H23FN4O. The van der Waals surface area contributed by atoms with E-state index in [1.54, 1.807) is 7.05 Å². The molecule has 0 bridgehead atoms.